The Kier molecular flexibility index (Phi) is 6.66. The van der Waals surface area contributed by atoms with Gasteiger partial charge in [-0.1, -0.05) is 23.2 Å². The Morgan fingerprint density at radius 3 is 2.19 bits per heavy atom. The van der Waals surface area contributed by atoms with Gasteiger partial charge in [-0.25, -0.2) is 13.2 Å². The smallest absolute Gasteiger partial charge is 0.410 e. The van der Waals surface area contributed by atoms with Crippen molar-refractivity contribution >= 4 is 39.3 Å². The minimum absolute atomic E-state index is 0.0349. The Balaban J connectivity index is 1.73. The van der Waals surface area contributed by atoms with Gasteiger partial charge in [-0.3, -0.25) is 4.79 Å². The van der Waals surface area contributed by atoms with Crippen LogP contribution in [-0.2, 0) is 14.8 Å². The third-order valence-electron chi connectivity index (χ3n) is 4.49. The number of ether oxygens (including phenoxy) is 1. The molecule has 1 saturated heterocycles. The lowest BCUT2D eigenvalue weighted by Crippen LogP contribution is -2.51. The summed E-state index contributed by atoms with van der Waals surface area (Å²) in [5.74, 6) is 0. The van der Waals surface area contributed by atoms with E-state index >= 15 is 0 Å². The van der Waals surface area contributed by atoms with Crippen molar-refractivity contribution in [3.8, 4) is 5.69 Å². The fourth-order valence-electron chi connectivity index (χ4n) is 2.94. The van der Waals surface area contributed by atoms with Gasteiger partial charge in [-0.15, -0.1) is 0 Å². The van der Waals surface area contributed by atoms with Crippen LogP contribution in [0.5, 0.6) is 0 Å². The number of hydrogen-bond acceptors (Lipinski definition) is 6. The Morgan fingerprint density at radius 1 is 1.06 bits per heavy atom. The van der Waals surface area contributed by atoms with Crippen molar-refractivity contribution < 1.29 is 17.9 Å². The van der Waals surface area contributed by atoms with Gasteiger partial charge in [0.25, 0.3) is 5.56 Å². The molecule has 1 fully saturated rings. The Hall–Kier alpha value is -2.14. The fourth-order valence-corrected chi connectivity index (χ4v) is 4.62. The number of halogens is 2. The molecule has 1 amide bonds. The van der Waals surface area contributed by atoms with Gasteiger partial charge in [0.2, 0.25) is 10.0 Å². The van der Waals surface area contributed by atoms with E-state index in [4.69, 9.17) is 27.9 Å². The molecule has 1 aliphatic rings. The molecule has 0 unspecified atom stereocenters. The van der Waals surface area contributed by atoms with Crippen molar-refractivity contribution in [3.63, 3.8) is 0 Å². The molecule has 1 aromatic heterocycles. The first-order chi connectivity index (χ1) is 14.4. The summed E-state index contributed by atoms with van der Waals surface area (Å²) in [6.45, 7) is 6.09. The van der Waals surface area contributed by atoms with Crippen LogP contribution in [0.15, 0.2) is 40.2 Å². The lowest BCUT2D eigenvalue weighted by Gasteiger charge is -2.35. The summed E-state index contributed by atoms with van der Waals surface area (Å²) >= 11 is 11.6. The zero-order valence-electron chi connectivity index (χ0n) is 17.2. The van der Waals surface area contributed by atoms with Crippen LogP contribution in [0.1, 0.15) is 20.8 Å². The summed E-state index contributed by atoms with van der Waals surface area (Å²) in [5.41, 5.74) is -0.881. The molecule has 0 saturated carbocycles. The fraction of sp³-hybridized carbons (Fsp3) is 0.421. The third-order valence-corrected chi connectivity index (χ3v) is 7.15. The van der Waals surface area contributed by atoms with Crippen LogP contribution in [0.25, 0.3) is 5.69 Å². The van der Waals surface area contributed by atoms with E-state index in [1.165, 1.54) is 39.7 Å². The predicted octanol–water partition coefficient (Wildman–Crippen LogP) is 2.78. The molecule has 0 atom stereocenters. The number of hydrogen-bond donors (Lipinski definition) is 0. The molecule has 0 N–H and O–H groups in total. The molecule has 3 rings (SSSR count). The van der Waals surface area contributed by atoms with Crippen LogP contribution < -0.4 is 5.56 Å². The molecule has 0 aliphatic carbocycles. The van der Waals surface area contributed by atoms with E-state index in [9.17, 15) is 18.0 Å². The average molecular weight is 489 g/mol. The molecule has 1 aromatic carbocycles. The molecule has 1 aliphatic heterocycles. The monoisotopic (exact) mass is 488 g/mol. The topological polar surface area (TPSA) is 102 Å². The van der Waals surface area contributed by atoms with Crippen molar-refractivity contribution in [3.05, 3.63) is 50.9 Å². The highest BCUT2D eigenvalue weighted by atomic mass is 35.5. The van der Waals surface area contributed by atoms with Gasteiger partial charge < -0.3 is 9.64 Å². The van der Waals surface area contributed by atoms with Crippen LogP contribution in [0.4, 0.5) is 4.79 Å². The van der Waals surface area contributed by atoms with Gasteiger partial charge in [-0.2, -0.15) is 14.1 Å². The van der Waals surface area contributed by atoms with E-state index in [-0.39, 0.29) is 41.1 Å². The van der Waals surface area contributed by atoms with E-state index in [0.29, 0.717) is 5.69 Å². The number of aromatic nitrogens is 2. The highest BCUT2D eigenvalue weighted by molar-refractivity contribution is 7.89. The number of carbonyl (C=O) groups is 1. The first kappa shape index (κ1) is 23.5. The van der Waals surface area contributed by atoms with Gasteiger partial charge in [0.05, 0.1) is 21.8 Å². The maximum absolute atomic E-state index is 13.0. The number of sulfonamides is 1. The van der Waals surface area contributed by atoms with Crippen molar-refractivity contribution in [2.24, 2.45) is 0 Å². The van der Waals surface area contributed by atoms with Crippen LogP contribution in [0.2, 0.25) is 10.0 Å². The zero-order valence-corrected chi connectivity index (χ0v) is 19.5. The minimum atomic E-state index is -3.77. The van der Waals surface area contributed by atoms with Crippen molar-refractivity contribution in [1.82, 2.24) is 19.0 Å². The van der Waals surface area contributed by atoms with Gasteiger partial charge in [-0.05, 0) is 45.0 Å². The molecule has 12 heteroatoms. The second-order valence-electron chi connectivity index (χ2n) is 7.89. The molecule has 0 spiro atoms. The number of rotatable bonds is 3. The summed E-state index contributed by atoms with van der Waals surface area (Å²) in [7, 11) is -3.77. The van der Waals surface area contributed by atoms with Crippen molar-refractivity contribution in [2.45, 2.75) is 31.3 Å². The van der Waals surface area contributed by atoms with Gasteiger partial charge in [0, 0.05) is 26.2 Å². The number of carbonyl (C=O) groups excluding carboxylic acids is 1. The first-order valence-corrected chi connectivity index (χ1v) is 11.6. The van der Waals surface area contributed by atoms with E-state index in [1.807, 2.05) is 0 Å². The molecule has 2 aromatic rings. The molecule has 0 bridgehead atoms. The minimum Gasteiger partial charge on any atom is -0.444 e. The number of benzene rings is 1. The maximum atomic E-state index is 13.0. The second kappa shape index (κ2) is 8.78. The van der Waals surface area contributed by atoms with Gasteiger partial charge in [0.1, 0.15) is 10.6 Å². The Morgan fingerprint density at radius 2 is 1.65 bits per heavy atom. The third kappa shape index (κ3) is 5.20. The lowest BCUT2D eigenvalue weighted by atomic mass is 10.2. The van der Waals surface area contributed by atoms with E-state index in [0.717, 1.165) is 4.68 Å². The average Bonchev–Trinajstić information content (AvgIpc) is 2.71. The standard InChI is InChI=1S/C19H22Cl2N4O5S/c1-19(2,3)30-18(27)23-8-10-24(11-9-23)31(28,29)14-6-4-13(5-7-14)25-17(26)16(21)15(20)12-22-25/h4-7,12H,8-11H2,1-3H3. The summed E-state index contributed by atoms with van der Waals surface area (Å²) in [4.78, 5) is 25.9. The van der Waals surface area contributed by atoms with Crippen LogP contribution in [0.3, 0.4) is 0 Å². The first-order valence-electron chi connectivity index (χ1n) is 9.42. The molecular formula is C19H22Cl2N4O5S. The summed E-state index contributed by atoms with van der Waals surface area (Å²) < 4.78 is 33.6. The largest absolute Gasteiger partial charge is 0.444 e. The Labute approximate surface area is 190 Å². The lowest BCUT2D eigenvalue weighted by molar-refractivity contribution is 0.0192. The molecule has 168 valence electrons. The molecule has 31 heavy (non-hydrogen) atoms. The maximum Gasteiger partial charge on any atom is 0.410 e. The van der Waals surface area contributed by atoms with E-state index < -0.39 is 27.3 Å². The predicted molar refractivity (Wildman–Crippen MR) is 116 cm³/mol. The zero-order chi connectivity index (χ0) is 23.0. The Bertz CT molecular complexity index is 1140. The summed E-state index contributed by atoms with van der Waals surface area (Å²) in [5, 5.41) is 3.78. The highest BCUT2D eigenvalue weighted by Gasteiger charge is 2.32. The van der Waals surface area contributed by atoms with Crippen LogP contribution in [-0.4, -0.2) is 65.3 Å². The SMILES string of the molecule is CC(C)(C)OC(=O)N1CCN(S(=O)(=O)c2ccc(-n3ncc(Cl)c(Cl)c3=O)cc2)CC1. The van der Waals surface area contributed by atoms with Crippen LogP contribution >= 0.6 is 23.2 Å². The molecule has 9 nitrogen and oxygen atoms in total. The summed E-state index contributed by atoms with van der Waals surface area (Å²) in [6, 6.07) is 5.70. The van der Waals surface area contributed by atoms with E-state index in [1.54, 1.807) is 20.8 Å². The van der Waals surface area contributed by atoms with Crippen molar-refractivity contribution in [1.29, 1.82) is 0 Å². The van der Waals surface area contributed by atoms with Gasteiger partial charge >= 0.3 is 6.09 Å². The van der Waals surface area contributed by atoms with Crippen LogP contribution in [0, 0.1) is 0 Å². The number of piperazine rings is 1. The van der Waals surface area contributed by atoms with Crippen molar-refractivity contribution in [2.75, 3.05) is 26.2 Å². The quantitative estimate of drug-likeness (QED) is 0.657. The summed E-state index contributed by atoms with van der Waals surface area (Å²) in [6.07, 6.45) is 0.772. The number of nitrogens with zero attached hydrogens (tertiary/aromatic N) is 4. The molecule has 0 radical (unpaired) electrons. The number of amides is 1. The highest BCUT2D eigenvalue weighted by Crippen LogP contribution is 2.21. The molecule has 2 heterocycles. The second-order valence-corrected chi connectivity index (χ2v) is 10.6. The normalized spacial score (nSPS) is 15.7. The molecular weight excluding hydrogens is 467 g/mol. The van der Waals surface area contributed by atoms with Gasteiger partial charge in [0.15, 0.2) is 0 Å². The van der Waals surface area contributed by atoms with E-state index in [2.05, 4.69) is 5.10 Å².